The number of aromatic nitrogens is 2. The van der Waals surface area contributed by atoms with Crippen LogP contribution in [0.5, 0.6) is 0 Å². The van der Waals surface area contributed by atoms with Crippen molar-refractivity contribution in [2.75, 3.05) is 9.80 Å². The Morgan fingerprint density at radius 3 is 1.15 bits per heavy atom. The van der Waals surface area contributed by atoms with Gasteiger partial charge < -0.3 is 9.80 Å². The molecule has 0 atom stereocenters. The zero-order chi connectivity index (χ0) is 42.0. The summed E-state index contributed by atoms with van der Waals surface area (Å²) in [6, 6.07) is 74.3. The lowest BCUT2D eigenvalue weighted by molar-refractivity contribution is 0.631. The predicted octanol–water partition coefficient (Wildman–Crippen LogP) is 15.4. The van der Waals surface area contributed by atoms with Crippen molar-refractivity contribution in [3.8, 4) is 45.0 Å². The molecule has 8 aromatic carbocycles. The molecular weight excluding hydrogens is 753 g/mol. The standard InChI is InChI=1S/C58H46N4/c1-57(2)46-26-11-15-30-52(46)61(53-31-16-12-27-47(53)57)44-35-43(36-45(37-44)62-54-32-17-13-28-48(54)58(3,4)49-29-14-18-33-55(49)62)41-24-19-25-42(34-41)51-38-50(39-20-7-5-8-21-39)59-56(60-51)40-22-9-6-10-23-40/h5-38H,1-4H3. The van der Waals surface area contributed by atoms with E-state index >= 15 is 0 Å². The van der Waals surface area contributed by atoms with Crippen LogP contribution in [0.4, 0.5) is 34.1 Å². The number of rotatable bonds is 6. The first-order valence-electron chi connectivity index (χ1n) is 21.5. The Hall–Kier alpha value is -7.56. The largest absolute Gasteiger partial charge is 0.310 e. The molecule has 3 heterocycles. The van der Waals surface area contributed by atoms with Crippen molar-refractivity contribution < 1.29 is 0 Å². The third kappa shape index (κ3) is 6.13. The smallest absolute Gasteiger partial charge is 0.160 e. The van der Waals surface area contributed by atoms with Crippen LogP contribution in [0.3, 0.4) is 0 Å². The molecule has 9 aromatic rings. The van der Waals surface area contributed by atoms with Gasteiger partial charge in [0, 0.05) is 38.9 Å². The molecule has 1 aromatic heterocycles. The monoisotopic (exact) mass is 798 g/mol. The third-order valence-electron chi connectivity index (χ3n) is 13.0. The van der Waals surface area contributed by atoms with Gasteiger partial charge in [0.1, 0.15) is 0 Å². The summed E-state index contributed by atoms with van der Waals surface area (Å²) >= 11 is 0. The number of hydrogen-bond donors (Lipinski definition) is 0. The number of nitrogens with zero attached hydrogens (tertiary/aromatic N) is 4. The van der Waals surface area contributed by atoms with Crippen molar-refractivity contribution in [2.45, 2.75) is 38.5 Å². The zero-order valence-corrected chi connectivity index (χ0v) is 35.4. The summed E-state index contributed by atoms with van der Waals surface area (Å²) in [5.74, 6) is 0.701. The van der Waals surface area contributed by atoms with E-state index in [-0.39, 0.29) is 10.8 Å². The molecule has 0 N–H and O–H groups in total. The van der Waals surface area contributed by atoms with Crippen LogP contribution in [0, 0.1) is 0 Å². The molecule has 0 bridgehead atoms. The van der Waals surface area contributed by atoms with E-state index < -0.39 is 0 Å². The number of benzene rings is 8. The van der Waals surface area contributed by atoms with Gasteiger partial charge in [-0.2, -0.15) is 0 Å². The molecule has 0 amide bonds. The first-order valence-corrected chi connectivity index (χ1v) is 21.5. The molecule has 0 saturated heterocycles. The van der Waals surface area contributed by atoms with Gasteiger partial charge in [0.15, 0.2) is 5.82 Å². The van der Waals surface area contributed by atoms with Gasteiger partial charge >= 0.3 is 0 Å². The lowest BCUT2D eigenvalue weighted by Crippen LogP contribution is -2.31. The van der Waals surface area contributed by atoms with Crippen LogP contribution in [0.25, 0.3) is 45.0 Å². The number of fused-ring (bicyclic) bond motifs is 4. The second-order valence-corrected chi connectivity index (χ2v) is 17.5. The Labute approximate surface area is 364 Å². The fourth-order valence-corrected chi connectivity index (χ4v) is 9.84. The highest BCUT2D eigenvalue weighted by Gasteiger charge is 2.39. The maximum Gasteiger partial charge on any atom is 0.160 e. The van der Waals surface area contributed by atoms with E-state index in [0.29, 0.717) is 5.82 Å². The quantitative estimate of drug-likeness (QED) is 0.168. The van der Waals surface area contributed by atoms with E-state index in [9.17, 15) is 0 Å². The molecular formula is C58H46N4. The topological polar surface area (TPSA) is 32.3 Å². The number of anilines is 6. The Bertz CT molecular complexity index is 2870. The summed E-state index contributed by atoms with van der Waals surface area (Å²) < 4.78 is 0. The predicted molar refractivity (Wildman–Crippen MR) is 257 cm³/mol. The van der Waals surface area contributed by atoms with Crippen molar-refractivity contribution in [3.63, 3.8) is 0 Å². The SMILES string of the molecule is CC1(C)c2ccccc2N(c2cc(-c3cccc(-c4cc(-c5ccccc5)nc(-c5ccccc5)n4)c3)cc(N3c4ccccc4C(C)(C)c4ccccc43)c2)c2ccccc21. The van der Waals surface area contributed by atoms with Crippen molar-refractivity contribution in [2.24, 2.45) is 0 Å². The lowest BCUT2D eigenvalue weighted by Gasteiger charge is -2.43. The molecule has 11 rings (SSSR count). The second kappa shape index (κ2) is 14.6. The van der Waals surface area contributed by atoms with Crippen LogP contribution in [-0.2, 0) is 10.8 Å². The van der Waals surface area contributed by atoms with Crippen molar-refractivity contribution in [1.29, 1.82) is 0 Å². The Kier molecular flexibility index (Phi) is 8.80. The first-order chi connectivity index (χ1) is 30.3. The molecule has 2 aliphatic heterocycles. The van der Waals surface area contributed by atoms with Gasteiger partial charge in [0.25, 0.3) is 0 Å². The highest BCUT2D eigenvalue weighted by molar-refractivity contribution is 5.93. The highest BCUT2D eigenvalue weighted by Crippen LogP contribution is 2.55. The Morgan fingerprint density at radius 1 is 0.306 bits per heavy atom. The van der Waals surface area contributed by atoms with Gasteiger partial charge in [0.2, 0.25) is 0 Å². The molecule has 0 radical (unpaired) electrons. The molecule has 0 fully saturated rings. The minimum absolute atomic E-state index is 0.177. The number of para-hydroxylation sites is 4. The van der Waals surface area contributed by atoms with E-state index in [1.165, 1.54) is 45.0 Å². The van der Waals surface area contributed by atoms with Crippen LogP contribution >= 0.6 is 0 Å². The summed E-state index contributed by atoms with van der Waals surface area (Å²) in [7, 11) is 0. The molecule has 0 saturated carbocycles. The molecule has 298 valence electrons. The normalized spacial score (nSPS) is 14.3. The van der Waals surface area contributed by atoms with Gasteiger partial charge in [0.05, 0.1) is 34.1 Å². The fourth-order valence-electron chi connectivity index (χ4n) is 9.84. The maximum atomic E-state index is 5.22. The van der Waals surface area contributed by atoms with Gasteiger partial charge in [-0.3, -0.25) is 0 Å². The van der Waals surface area contributed by atoms with Gasteiger partial charge in [-0.15, -0.1) is 0 Å². The average molecular weight is 799 g/mol. The summed E-state index contributed by atoms with van der Waals surface area (Å²) in [6.07, 6.45) is 0. The Morgan fingerprint density at radius 2 is 0.677 bits per heavy atom. The van der Waals surface area contributed by atoms with Gasteiger partial charge in [-0.1, -0.05) is 179 Å². The Balaban J connectivity index is 1.14. The first kappa shape index (κ1) is 37.4. The van der Waals surface area contributed by atoms with Crippen molar-refractivity contribution >= 4 is 34.1 Å². The van der Waals surface area contributed by atoms with Gasteiger partial charge in [-0.25, -0.2) is 9.97 Å². The summed E-state index contributed by atoms with van der Waals surface area (Å²) in [5, 5.41) is 0. The maximum absolute atomic E-state index is 5.22. The van der Waals surface area contributed by atoms with Crippen LogP contribution < -0.4 is 9.80 Å². The third-order valence-corrected chi connectivity index (χ3v) is 13.0. The highest BCUT2D eigenvalue weighted by atomic mass is 15.2. The van der Waals surface area contributed by atoms with E-state index in [0.717, 1.165) is 50.6 Å². The van der Waals surface area contributed by atoms with Crippen molar-refractivity contribution in [3.05, 3.63) is 229 Å². The molecule has 4 heteroatoms. The summed E-state index contributed by atoms with van der Waals surface area (Å²) in [4.78, 5) is 15.2. The minimum atomic E-state index is -0.177. The molecule has 0 aliphatic carbocycles. The van der Waals surface area contributed by atoms with E-state index in [2.05, 4.69) is 219 Å². The fraction of sp³-hybridized carbons (Fsp3) is 0.103. The summed E-state index contributed by atoms with van der Waals surface area (Å²) in [6.45, 7) is 9.38. The van der Waals surface area contributed by atoms with Crippen LogP contribution in [0.2, 0.25) is 0 Å². The molecule has 4 nitrogen and oxygen atoms in total. The van der Waals surface area contributed by atoms with Crippen LogP contribution in [0.1, 0.15) is 49.9 Å². The molecule has 0 spiro atoms. The molecule has 0 unspecified atom stereocenters. The zero-order valence-electron chi connectivity index (χ0n) is 35.4. The van der Waals surface area contributed by atoms with Crippen molar-refractivity contribution in [1.82, 2.24) is 9.97 Å². The molecule has 62 heavy (non-hydrogen) atoms. The molecule has 2 aliphatic rings. The number of hydrogen-bond acceptors (Lipinski definition) is 4. The minimum Gasteiger partial charge on any atom is -0.310 e. The van der Waals surface area contributed by atoms with E-state index in [1.54, 1.807) is 0 Å². The van der Waals surface area contributed by atoms with Crippen LogP contribution in [-0.4, -0.2) is 9.97 Å². The average Bonchev–Trinajstić information content (AvgIpc) is 3.32. The lowest BCUT2D eigenvalue weighted by atomic mass is 9.73. The second-order valence-electron chi connectivity index (χ2n) is 17.5. The van der Waals surface area contributed by atoms with Crippen LogP contribution in [0.15, 0.2) is 206 Å². The van der Waals surface area contributed by atoms with E-state index in [4.69, 9.17) is 9.97 Å². The summed E-state index contributed by atoms with van der Waals surface area (Å²) in [5.41, 5.74) is 18.8. The van der Waals surface area contributed by atoms with E-state index in [1.807, 2.05) is 24.3 Å². The van der Waals surface area contributed by atoms with Gasteiger partial charge in [-0.05, 0) is 88.0 Å².